The zero-order valence-corrected chi connectivity index (χ0v) is 16.9. The number of ether oxygens (including phenoxy) is 1. The van der Waals surface area contributed by atoms with Gasteiger partial charge in [-0.05, 0) is 84.2 Å². The highest BCUT2D eigenvalue weighted by molar-refractivity contribution is 9.13. The van der Waals surface area contributed by atoms with Crippen molar-refractivity contribution in [2.75, 3.05) is 0 Å². The predicted octanol–water partition coefficient (Wildman–Crippen LogP) is 4.98. The molecule has 1 unspecified atom stereocenters. The molecule has 0 aliphatic carbocycles. The third-order valence-electron chi connectivity index (χ3n) is 2.93. The minimum atomic E-state index is -1.13. The van der Waals surface area contributed by atoms with Crippen molar-refractivity contribution in [2.24, 2.45) is 0 Å². The molecule has 0 heterocycles. The summed E-state index contributed by atoms with van der Waals surface area (Å²) in [5, 5.41) is 9.68. The molecular weight excluding hydrogens is 430 g/mol. The first-order valence-electron chi connectivity index (χ1n) is 7.13. The average molecular weight is 451 g/mol. The van der Waals surface area contributed by atoms with Crippen molar-refractivity contribution in [2.45, 2.75) is 52.3 Å². The maximum absolute atomic E-state index is 12.5. The van der Waals surface area contributed by atoms with Gasteiger partial charge in [0, 0.05) is 15.0 Å². The summed E-state index contributed by atoms with van der Waals surface area (Å²) in [6.07, 6.45) is -0.654. The van der Waals surface area contributed by atoms with Crippen LogP contribution < -0.4 is 0 Å². The van der Waals surface area contributed by atoms with E-state index in [-0.39, 0.29) is 6.04 Å². The third-order valence-corrected chi connectivity index (χ3v) is 4.81. The van der Waals surface area contributed by atoms with Crippen molar-refractivity contribution in [1.82, 2.24) is 4.90 Å². The molecule has 0 aliphatic heterocycles. The molecule has 1 N–H and O–H groups in total. The van der Waals surface area contributed by atoms with Crippen LogP contribution in [-0.4, -0.2) is 33.7 Å². The standard InChI is InChI=1S/C16H21Br2NO4/c1-9(2)19(15(22)23-16(3,4)5)13(14(20)21)10-6-7-11(17)12(18)8-10/h6-9,13H,1-5H3,(H,20,21). The van der Waals surface area contributed by atoms with Crippen molar-refractivity contribution >= 4 is 43.9 Å². The number of aliphatic carboxylic acids is 1. The van der Waals surface area contributed by atoms with E-state index in [1.807, 2.05) is 0 Å². The molecule has 128 valence electrons. The van der Waals surface area contributed by atoms with Gasteiger partial charge in [0.15, 0.2) is 6.04 Å². The lowest BCUT2D eigenvalue weighted by molar-refractivity contribution is -0.144. The summed E-state index contributed by atoms with van der Waals surface area (Å²) >= 11 is 6.71. The minimum absolute atomic E-state index is 0.339. The molecule has 1 amide bonds. The Balaban J connectivity index is 3.29. The molecule has 23 heavy (non-hydrogen) atoms. The van der Waals surface area contributed by atoms with Gasteiger partial charge in [0.05, 0.1) is 0 Å². The summed E-state index contributed by atoms with van der Waals surface area (Å²) in [6.45, 7) is 8.75. The summed E-state index contributed by atoms with van der Waals surface area (Å²) in [5.41, 5.74) is -0.208. The largest absolute Gasteiger partial charge is 0.479 e. The molecule has 1 atom stereocenters. The Bertz CT molecular complexity index is 596. The Morgan fingerprint density at radius 3 is 2.13 bits per heavy atom. The molecule has 7 heteroatoms. The number of carbonyl (C=O) groups is 2. The van der Waals surface area contributed by atoms with Crippen LogP contribution in [0.1, 0.15) is 46.2 Å². The normalized spacial score (nSPS) is 12.9. The van der Waals surface area contributed by atoms with E-state index in [2.05, 4.69) is 31.9 Å². The van der Waals surface area contributed by atoms with Crippen LogP contribution in [-0.2, 0) is 9.53 Å². The number of carboxylic acid groups (broad SMARTS) is 1. The monoisotopic (exact) mass is 449 g/mol. The number of hydrogen-bond donors (Lipinski definition) is 1. The summed E-state index contributed by atoms with van der Waals surface area (Å²) in [7, 11) is 0. The second-order valence-electron chi connectivity index (χ2n) is 6.40. The van der Waals surface area contributed by atoms with Gasteiger partial charge in [-0.25, -0.2) is 9.59 Å². The van der Waals surface area contributed by atoms with Crippen molar-refractivity contribution in [3.8, 4) is 0 Å². The highest BCUT2D eigenvalue weighted by Gasteiger charge is 2.36. The maximum Gasteiger partial charge on any atom is 0.411 e. The number of nitrogens with zero attached hydrogens (tertiary/aromatic N) is 1. The lowest BCUT2D eigenvalue weighted by Gasteiger charge is -2.34. The zero-order chi connectivity index (χ0) is 17.9. The quantitative estimate of drug-likeness (QED) is 0.702. The number of carbonyl (C=O) groups excluding carboxylic acids is 1. The first kappa shape index (κ1) is 20.0. The predicted molar refractivity (Wildman–Crippen MR) is 95.4 cm³/mol. The van der Waals surface area contributed by atoms with Crippen LogP contribution in [0.25, 0.3) is 0 Å². The number of amides is 1. The van der Waals surface area contributed by atoms with Crippen LogP contribution in [0.4, 0.5) is 4.79 Å². The first-order chi connectivity index (χ1) is 10.4. The van der Waals surface area contributed by atoms with Crippen molar-refractivity contribution in [3.05, 3.63) is 32.7 Å². The highest BCUT2D eigenvalue weighted by atomic mass is 79.9. The summed E-state index contributed by atoms with van der Waals surface area (Å²) in [4.78, 5) is 25.6. The van der Waals surface area contributed by atoms with E-state index in [1.165, 1.54) is 4.90 Å². The number of carboxylic acids is 1. The molecule has 0 aromatic heterocycles. The number of benzene rings is 1. The van der Waals surface area contributed by atoms with Crippen LogP contribution >= 0.6 is 31.9 Å². The molecule has 1 rings (SSSR count). The van der Waals surface area contributed by atoms with Crippen molar-refractivity contribution in [1.29, 1.82) is 0 Å². The number of halogens is 2. The maximum atomic E-state index is 12.5. The van der Waals surface area contributed by atoms with Gasteiger partial charge < -0.3 is 9.84 Å². The van der Waals surface area contributed by atoms with E-state index in [9.17, 15) is 14.7 Å². The van der Waals surface area contributed by atoms with Crippen LogP contribution in [0, 0.1) is 0 Å². The van der Waals surface area contributed by atoms with E-state index < -0.39 is 23.7 Å². The van der Waals surface area contributed by atoms with Gasteiger partial charge in [-0.1, -0.05) is 6.07 Å². The molecule has 1 aromatic carbocycles. The molecule has 0 saturated carbocycles. The molecule has 0 bridgehead atoms. The Labute approximate surface area is 153 Å². The minimum Gasteiger partial charge on any atom is -0.479 e. The third kappa shape index (κ3) is 5.49. The Kier molecular flexibility index (Phi) is 6.65. The lowest BCUT2D eigenvalue weighted by atomic mass is 10.0. The van der Waals surface area contributed by atoms with Gasteiger partial charge >= 0.3 is 12.1 Å². The molecule has 0 fully saturated rings. The van der Waals surface area contributed by atoms with Gasteiger partial charge in [0.25, 0.3) is 0 Å². The van der Waals surface area contributed by atoms with Crippen LogP contribution in [0.5, 0.6) is 0 Å². The van der Waals surface area contributed by atoms with Crippen LogP contribution in [0.2, 0.25) is 0 Å². The fourth-order valence-corrected chi connectivity index (χ4v) is 2.68. The van der Waals surface area contributed by atoms with Crippen molar-refractivity contribution in [3.63, 3.8) is 0 Å². The Morgan fingerprint density at radius 2 is 1.74 bits per heavy atom. The number of hydrogen-bond acceptors (Lipinski definition) is 3. The molecule has 1 aromatic rings. The second kappa shape index (κ2) is 7.66. The summed E-state index contributed by atoms with van der Waals surface area (Å²) in [6, 6.07) is 3.63. The molecule has 0 saturated heterocycles. The SMILES string of the molecule is CC(C)N(C(=O)OC(C)(C)C)C(C(=O)O)c1ccc(Br)c(Br)c1. The van der Waals surface area contributed by atoms with Gasteiger partial charge in [-0.3, -0.25) is 4.90 Å². The van der Waals surface area contributed by atoms with Gasteiger partial charge in [0.1, 0.15) is 5.60 Å². The molecule has 0 radical (unpaired) electrons. The molecule has 0 aliphatic rings. The summed E-state index contributed by atoms with van der Waals surface area (Å²) < 4.78 is 6.89. The number of rotatable bonds is 4. The first-order valence-corrected chi connectivity index (χ1v) is 8.71. The second-order valence-corrected chi connectivity index (χ2v) is 8.10. The van der Waals surface area contributed by atoms with E-state index in [4.69, 9.17) is 4.74 Å². The molecular formula is C16H21Br2NO4. The van der Waals surface area contributed by atoms with Gasteiger partial charge in [0.2, 0.25) is 0 Å². The fraction of sp³-hybridized carbons (Fsp3) is 0.500. The van der Waals surface area contributed by atoms with E-state index >= 15 is 0 Å². The van der Waals surface area contributed by atoms with Gasteiger partial charge in [-0.2, -0.15) is 0 Å². The van der Waals surface area contributed by atoms with Crippen LogP contribution in [0.15, 0.2) is 27.1 Å². The zero-order valence-electron chi connectivity index (χ0n) is 13.8. The topological polar surface area (TPSA) is 66.8 Å². The average Bonchev–Trinajstić information content (AvgIpc) is 2.36. The van der Waals surface area contributed by atoms with E-state index in [0.717, 1.165) is 4.47 Å². The summed E-state index contributed by atoms with van der Waals surface area (Å²) in [5.74, 6) is -1.11. The molecule has 5 nitrogen and oxygen atoms in total. The van der Waals surface area contributed by atoms with Gasteiger partial charge in [-0.15, -0.1) is 0 Å². The van der Waals surface area contributed by atoms with Crippen molar-refractivity contribution < 1.29 is 19.4 Å². The van der Waals surface area contributed by atoms with Crippen LogP contribution in [0.3, 0.4) is 0 Å². The van der Waals surface area contributed by atoms with E-state index in [1.54, 1.807) is 52.8 Å². The fourth-order valence-electron chi connectivity index (χ4n) is 2.03. The molecule has 0 spiro atoms. The Hall–Kier alpha value is -1.08. The highest BCUT2D eigenvalue weighted by Crippen LogP contribution is 2.31. The smallest absolute Gasteiger partial charge is 0.411 e. The lowest BCUT2D eigenvalue weighted by Crippen LogP contribution is -2.45. The van der Waals surface area contributed by atoms with E-state index in [0.29, 0.717) is 10.0 Å². The Morgan fingerprint density at radius 1 is 1.17 bits per heavy atom.